The van der Waals surface area contributed by atoms with Crippen molar-refractivity contribution >= 4 is 33.7 Å². The Balaban J connectivity index is 1.35. The summed E-state index contributed by atoms with van der Waals surface area (Å²) in [5.41, 5.74) is 0.524. The first kappa shape index (κ1) is 20.0. The standard InChI is InChI=1S/C24H24FN7O2/c1-31-19-10-27-21(29-18-3-15-9-26-12-28-17(15)4-16(18)25)30-20(19)32(22(31)33)23-5-13-2-14(6-23)8-24(34,7-13)11-23/h3-4,9-10,12-14,34H,2,5-8,11H2,1H3,(H,27,29,30). The van der Waals surface area contributed by atoms with E-state index in [-0.39, 0.29) is 17.3 Å². The number of aryl methyl sites for hydroxylation is 1. The molecule has 2 N–H and O–H groups in total. The van der Waals surface area contributed by atoms with Crippen molar-refractivity contribution in [1.29, 1.82) is 0 Å². The van der Waals surface area contributed by atoms with E-state index in [0.717, 1.165) is 32.1 Å². The molecule has 4 fully saturated rings. The first-order valence-corrected chi connectivity index (χ1v) is 11.7. The molecule has 2 atom stereocenters. The fourth-order valence-corrected chi connectivity index (χ4v) is 7.25. The summed E-state index contributed by atoms with van der Waals surface area (Å²) in [6.45, 7) is 0. The number of halogens is 1. The number of hydrogen-bond donors (Lipinski definition) is 2. The van der Waals surface area contributed by atoms with Gasteiger partial charge in [-0.25, -0.2) is 24.1 Å². The van der Waals surface area contributed by atoms with Crippen LogP contribution in [0.1, 0.15) is 38.5 Å². The monoisotopic (exact) mass is 461 g/mol. The summed E-state index contributed by atoms with van der Waals surface area (Å²) in [6.07, 6.45) is 9.66. The first-order valence-electron chi connectivity index (χ1n) is 11.7. The lowest BCUT2D eigenvalue weighted by Gasteiger charge is -2.60. The van der Waals surface area contributed by atoms with Gasteiger partial charge in [-0.3, -0.25) is 9.13 Å². The summed E-state index contributed by atoms with van der Waals surface area (Å²) in [5.74, 6) is 0.553. The summed E-state index contributed by atoms with van der Waals surface area (Å²) in [7, 11) is 1.72. The van der Waals surface area contributed by atoms with Crippen molar-refractivity contribution in [1.82, 2.24) is 29.1 Å². The maximum atomic E-state index is 14.7. The summed E-state index contributed by atoms with van der Waals surface area (Å²) in [6, 6.07) is 2.96. The maximum Gasteiger partial charge on any atom is 0.330 e. The highest BCUT2D eigenvalue weighted by molar-refractivity contribution is 5.83. The number of imidazole rings is 1. The SMILES string of the molecule is Cn1c(=O)n(C23CC4CC(CC(O)(C4)C2)C3)c2nc(Nc3cc4cncnc4cc3F)ncc21. The Labute approximate surface area is 193 Å². The minimum absolute atomic E-state index is 0.152. The van der Waals surface area contributed by atoms with Gasteiger partial charge in [0.05, 0.1) is 28.5 Å². The van der Waals surface area contributed by atoms with Crippen molar-refractivity contribution < 1.29 is 9.50 Å². The van der Waals surface area contributed by atoms with E-state index in [4.69, 9.17) is 4.98 Å². The molecule has 4 aliphatic rings. The molecule has 4 aliphatic carbocycles. The molecular weight excluding hydrogens is 437 g/mol. The molecule has 8 rings (SSSR count). The highest BCUT2D eigenvalue weighted by Crippen LogP contribution is 2.60. The minimum Gasteiger partial charge on any atom is -0.390 e. The van der Waals surface area contributed by atoms with Crippen molar-refractivity contribution in [3.8, 4) is 0 Å². The predicted molar refractivity (Wildman–Crippen MR) is 123 cm³/mol. The fourth-order valence-electron chi connectivity index (χ4n) is 7.25. The molecule has 4 saturated carbocycles. The quantitative estimate of drug-likeness (QED) is 0.483. The van der Waals surface area contributed by atoms with Gasteiger partial charge < -0.3 is 10.4 Å². The van der Waals surface area contributed by atoms with Gasteiger partial charge in [-0.05, 0) is 56.4 Å². The van der Waals surface area contributed by atoms with Crippen LogP contribution < -0.4 is 11.0 Å². The van der Waals surface area contributed by atoms with E-state index >= 15 is 0 Å². The lowest BCUT2D eigenvalue weighted by atomic mass is 9.51. The van der Waals surface area contributed by atoms with Crippen molar-refractivity contribution in [2.75, 3.05) is 5.32 Å². The lowest BCUT2D eigenvalue weighted by Crippen LogP contribution is -2.61. The second kappa shape index (κ2) is 6.59. The number of fused-ring (bicyclic) bond motifs is 2. The van der Waals surface area contributed by atoms with Gasteiger partial charge >= 0.3 is 5.69 Å². The number of benzene rings is 1. The molecule has 0 radical (unpaired) electrons. The van der Waals surface area contributed by atoms with Gasteiger partial charge in [0, 0.05) is 24.7 Å². The number of nitrogens with zero attached hydrogens (tertiary/aromatic N) is 6. The van der Waals surface area contributed by atoms with Crippen LogP contribution in [0.25, 0.3) is 22.1 Å². The van der Waals surface area contributed by atoms with Crippen LogP contribution in [0.15, 0.2) is 35.6 Å². The third-order valence-electron chi connectivity index (χ3n) is 8.11. The third-order valence-corrected chi connectivity index (χ3v) is 8.11. The second-order valence-electron chi connectivity index (χ2n) is 10.5. The zero-order valence-electron chi connectivity index (χ0n) is 18.7. The molecule has 0 spiro atoms. The van der Waals surface area contributed by atoms with Crippen molar-refractivity contribution in [3.05, 3.63) is 47.2 Å². The van der Waals surface area contributed by atoms with E-state index in [1.165, 1.54) is 12.4 Å². The smallest absolute Gasteiger partial charge is 0.330 e. The van der Waals surface area contributed by atoms with Crippen LogP contribution in [0.3, 0.4) is 0 Å². The van der Waals surface area contributed by atoms with Gasteiger partial charge in [0.2, 0.25) is 5.95 Å². The first-order chi connectivity index (χ1) is 16.3. The van der Waals surface area contributed by atoms with E-state index in [0.29, 0.717) is 40.3 Å². The molecule has 10 heteroatoms. The van der Waals surface area contributed by atoms with Crippen LogP contribution in [0.2, 0.25) is 0 Å². The van der Waals surface area contributed by atoms with Crippen LogP contribution in [-0.2, 0) is 12.6 Å². The van der Waals surface area contributed by atoms with Crippen LogP contribution in [0, 0.1) is 17.7 Å². The van der Waals surface area contributed by atoms with Crippen LogP contribution in [0.5, 0.6) is 0 Å². The van der Waals surface area contributed by atoms with E-state index in [1.54, 1.807) is 34.6 Å². The van der Waals surface area contributed by atoms with Gasteiger partial charge in [0.15, 0.2) is 5.65 Å². The van der Waals surface area contributed by atoms with E-state index in [1.807, 2.05) is 0 Å². The fraction of sp³-hybridized carbons (Fsp3) is 0.458. The van der Waals surface area contributed by atoms with E-state index in [2.05, 4.69) is 20.3 Å². The molecule has 1 aromatic carbocycles. The minimum atomic E-state index is -0.712. The summed E-state index contributed by atoms with van der Waals surface area (Å²) >= 11 is 0. The van der Waals surface area contributed by atoms with Gasteiger partial charge in [-0.15, -0.1) is 0 Å². The molecule has 34 heavy (non-hydrogen) atoms. The number of aliphatic hydroxyl groups is 1. The molecule has 0 saturated heterocycles. The molecule has 3 aromatic heterocycles. The van der Waals surface area contributed by atoms with Crippen molar-refractivity contribution in [3.63, 3.8) is 0 Å². The highest BCUT2D eigenvalue weighted by atomic mass is 19.1. The van der Waals surface area contributed by atoms with Crippen LogP contribution in [-0.4, -0.2) is 39.8 Å². The molecule has 4 aromatic rings. The largest absolute Gasteiger partial charge is 0.390 e. The zero-order chi connectivity index (χ0) is 23.2. The number of anilines is 2. The van der Waals surface area contributed by atoms with Gasteiger partial charge in [0.1, 0.15) is 17.7 Å². The number of hydrogen-bond acceptors (Lipinski definition) is 7. The topological polar surface area (TPSA) is 111 Å². The normalized spacial score (nSPS) is 29.9. The van der Waals surface area contributed by atoms with Gasteiger partial charge in [0.25, 0.3) is 0 Å². The van der Waals surface area contributed by atoms with Crippen LogP contribution >= 0.6 is 0 Å². The van der Waals surface area contributed by atoms with Gasteiger partial charge in [-0.2, -0.15) is 4.98 Å². The molecule has 174 valence electrons. The second-order valence-corrected chi connectivity index (χ2v) is 10.5. The number of nitrogens with one attached hydrogen (secondary N) is 1. The molecule has 4 bridgehead atoms. The van der Waals surface area contributed by atoms with E-state index < -0.39 is 17.0 Å². The summed E-state index contributed by atoms with van der Waals surface area (Å²) < 4.78 is 18.1. The highest BCUT2D eigenvalue weighted by Gasteiger charge is 2.59. The Bertz CT molecular complexity index is 1530. The Morgan fingerprint density at radius 3 is 2.71 bits per heavy atom. The van der Waals surface area contributed by atoms with E-state index in [9.17, 15) is 14.3 Å². The van der Waals surface area contributed by atoms with Crippen LogP contribution in [0.4, 0.5) is 16.0 Å². The average Bonchev–Trinajstić information content (AvgIpc) is 3.03. The summed E-state index contributed by atoms with van der Waals surface area (Å²) in [4.78, 5) is 30.6. The molecule has 0 aliphatic heterocycles. The number of aromatic nitrogens is 6. The van der Waals surface area contributed by atoms with Crippen molar-refractivity contribution in [2.24, 2.45) is 18.9 Å². The molecule has 0 amide bonds. The summed E-state index contributed by atoms with van der Waals surface area (Å²) in [5, 5.41) is 14.9. The Hall–Kier alpha value is -3.40. The average molecular weight is 462 g/mol. The Kier molecular flexibility index (Phi) is 3.88. The Morgan fingerprint density at radius 1 is 1.15 bits per heavy atom. The molecule has 2 unspecified atom stereocenters. The maximum absolute atomic E-state index is 14.7. The van der Waals surface area contributed by atoms with Gasteiger partial charge in [-0.1, -0.05) is 0 Å². The molecule has 9 nitrogen and oxygen atoms in total. The lowest BCUT2D eigenvalue weighted by molar-refractivity contribution is -0.156. The molecular formula is C24H24FN7O2. The Morgan fingerprint density at radius 2 is 1.94 bits per heavy atom. The third kappa shape index (κ3) is 2.78. The molecule has 3 heterocycles. The van der Waals surface area contributed by atoms with Crippen molar-refractivity contribution in [2.45, 2.75) is 49.7 Å². The zero-order valence-corrected chi connectivity index (χ0v) is 18.7. The predicted octanol–water partition coefficient (Wildman–Crippen LogP) is 3.00. The number of rotatable bonds is 3.